The van der Waals surface area contributed by atoms with Gasteiger partial charge in [-0.15, -0.1) is 0 Å². The van der Waals surface area contributed by atoms with Gasteiger partial charge < -0.3 is 24.6 Å². The van der Waals surface area contributed by atoms with E-state index in [-0.39, 0.29) is 18.4 Å². The first-order valence-electron chi connectivity index (χ1n) is 11.8. The molecular formula is C23H32N6O3. The van der Waals surface area contributed by atoms with Gasteiger partial charge in [0.05, 0.1) is 12.3 Å². The number of amides is 1. The predicted octanol–water partition coefficient (Wildman–Crippen LogP) is 2.39. The lowest BCUT2D eigenvalue weighted by Gasteiger charge is -2.35. The zero-order chi connectivity index (χ0) is 22.1. The number of hydrogen-bond donors (Lipinski definition) is 2. The van der Waals surface area contributed by atoms with Crippen molar-refractivity contribution in [3.63, 3.8) is 0 Å². The number of hydrogen-bond acceptors (Lipinski definition) is 7. The predicted molar refractivity (Wildman–Crippen MR) is 120 cm³/mol. The van der Waals surface area contributed by atoms with Crippen molar-refractivity contribution in [2.75, 3.05) is 43.1 Å². The van der Waals surface area contributed by atoms with E-state index in [1.54, 1.807) is 6.33 Å². The van der Waals surface area contributed by atoms with Crippen molar-refractivity contribution in [2.45, 2.75) is 63.3 Å². The summed E-state index contributed by atoms with van der Waals surface area (Å²) in [4.78, 5) is 28.2. The first-order chi connectivity index (χ1) is 15.6. The van der Waals surface area contributed by atoms with Crippen LogP contribution in [0.25, 0.3) is 0 Å². The lowest BCUT2D eigenvalue weighted by atomic mass is 9.92. The van der Waals surface area contributed by atoms with E-state index in [0.29, 0.717) is 30.6 Å². The summed E-state index contributed by atoms with van der Waals surface area (Å²) in [7, 11) is 0. The fourth-order valence-electron chi connectivity index (χ4n) is 5.36. The molecule has 5 heterocycles. The summed E-state index contributed by atoms with van der Waals surface area (Å²) in [6.45, 7) is 6.14. The summed E-state index contributed by atoms with van der Waals surface area (Å²) >= 11 is 0. The van der Waals surface area contributed by atoms with Crippen LogP contribution in [0.4, 0.5) is 11.6 Å². The van der Waals surface area contributed by atoms with Crippen LogP contribution in [-0.2, 0) is 16.1 Å². The summed E-state index contributed by atoms with van der Waals surface area (Å²) in [5.74, 6) is 3.64. The van der Waals surface area contributed by atoms with Gasteiger partial charge in [-0.25, -0.2) is 15.0 Å². The molecule has 172 valence electrons. The van der Waals surface area contributed by atoms with Crippen LogP contribution in [0.3, 0.4) is 0 Å². The quantitative estimate of drug-likeness (QED) is 0.735. The molecule has 2 aromatic heterocycles. The molecule has 1 amide bonds. The van der Waals surface area contributed by atoms with Crippen LogP contribution in [-0.4, -0.2) is 63.4 Å². The molecule has 0 aliphatic carbocycles. The minimum absolute atomic E-state index is 0.0180. The lowest BCUT2D eigenvalue weighted by molar-refractivity contribution is -0.116. The Morgan fingerprint density at radius 3 is 2.69 bits per heavy atom. The Morgan fingerprint density at radius 2 is 1.94 bits per heavy atom. The number of aliphatic hydroxyl groups excluding tert-OH is 1. The SMILES string of the molecule is CC1CC(=O)Nc2ncnc(N3CCC(c4nc(C5CCOCC5)cn4CCO)CC3)c21. The Bertz CT molecular complexity index is 963. The number of ether oxygens (including phenoxy) is 1. The van der Waals surface area contributed by atoms with Gasteiger partial charge in [-0.1, -0.05) is 6.92 Å². The highest BCUT2D eigenvalue weighted by atomic mass is 16.5. The van der Waals surface area contributed by atoms with E-state index in [9.17, 15) is 9.90 Å². The standard InChI is InChI=1S/C23H32N6O3/c1-15-12-19(31)27-21-20(15)23(25-14-24-21)28-6-2-17(3-7-28)22-26-18(13-29(22)8-9-30)16-4-10-32-11-5-16/h13-17,30H,2-12H2,1H3,(H,24,25,27,31). The molecule has 2 saturated heterocycles. The smallest absolute Gasteiger partial charge is 0.226 e. The van der Waals surface area contributed by atoms with Gasteiger partial charge in [-0.3, -0.25) is 4.79 Å². The van der Waals surface area contributed by atoms with Gasteiger partial charge in [-0.05, 0) is 31.6 Å². The molecule has 0 bridgehead atoms. The second-order valence-corrected chi connectivity index (χ2v) is 9.20. The van der Waals surface area contributed by atoms with Crippen LogP contribution in [0.5, 0.6) is 0 Å². The number of anilines is 2. The fraction of sp³-hybridized carbons (Fsp3) is 0.652. The normalized spacial score (nSPS) is 22.6. The molecule has 1 unspecified atom stereocenters. The molecule has 0 radical (unpaired) electrons. The summed E-state index contributed by atoms with van der Waals surface area (Å²) in [6, 6.07) is 0. The lowest BCUT2D eigenvalue weighted by Crippen LogP contribution is -2.36. The van der Waals surface area contributed by atoms with Crippen LogP contribution in [0.15, 0.2) is 12.5 Å². The molecule has 2 aromatic rings. The highest BCUT2D eigenvalue weighted by Gasteiger charge is 2.32. The average molecular weight is 441 g/mol. The molecule has 2 N–H and O–H groups in total. The van der Waals surface area contributed by atoms with Crippen LogP contribution in [0, 0.1) is 0 Å². The number of nitrogens with one attached hydrogen (secondary N) is 1. The average Bonchev–Trinajstić information content (AvgIpc) is 3.23. The molecule has 3 aliphatic rings. The van der Waals surface area contributed by atoms with Gasteiger partial charge in [0.15, 0.2) is 0 Å². The summed E-state index contributed by atoms with van der Waals surface area (Å²) in [5.41, 5.74) is 2.20. The second kappa shape index (κ2) is 9.15. The maximum absolute atomic E-state index is 11.9. The first-order valence-corrected chi connectivity index (χ1v) is 11.8. The van der Waals surface area contributed by atoms with Gasteiger partial charge in [0.25, 0.3) is 0 Å². The third-order valence-electron chi connectivity index (χ3n) is 7.07. The van der Waals surface area contributed by atoms with Gasteiger partial charge in [0.2, 0.25) is 5.91 Å². The number of carbonyl (C=O) groups excluding carboxylic acids is 1. The maximum Gasteiger partial charge on any atom is 0.226 e. The van der Waals surface area contributed by atoms with Crippen molar-refractivity contribution >= 4 is 17.5 Å². The van der Waals surface area contributed by atoms with Gasteiger partial charge in [0.1, 0.15) is 23.8 Å². The molecule has 1 atom stereocenters. The number of carbonyl (C=O) groups is 1. The van der Waals surface area contributed by atoms with Gasteiger partial charge in [0, 0.05) is 62.9 Å². The minimum atomic E-state index is 0.0180. The molecule has 0 aromatic carbocycles. The van der Waals surface area contributed by atoms with E-state index < -0.39 is 0 Å². The van der Waals surface area contributed by atoms with Crippen molar-refractivity contribution in [3.05, 3.63) is 29.6 Å². The van der Waals surface area contributed by atoms with E-state index in [4.69, 9.17) is 9.72 Å². The van der Waals surface area contributed by atoms with E-state index in [1.165, 1.54) is 0 Å². The number of aromatic nitrogens is 4. The van der Waals surface area contributed by atoms with Crippen molar-refractivity contribution in [1.82, 2.24) is 19.5 Å². The first kappa shape index (κ1) is 21.3. The summed E-state index contributed by atoms with van der Waals surface area (Å²) in [5, 5.41) is 12.5. The Balaban J connectivity index is 1.33. The number of rotatable bonds is 5. The maximum atomic E-state index is 11.9. The third-order valence-corrected chi connectivity index (χ3v) is 7.07. The molecule has 9 heteroatoms. The van der Waals surface area contributed by atoms with Crippen molar-refractivity contribution in [2.24, 2.45) is 0 Å². The molecule has 2 fully saturated rings. The molecule has 32 heavy (non-hydrogen) atoms. The second-order valence-electron chi connectivity index (χ2n) is 9.20. The number of imidazole rings is 1. The van der Waals surface area contributed by atoms with E-state index >= 15 is 0 Å². The fourth-order valence-corrected chi connectivity index (χ4v) is 5.36. The van der Waals surface area contributed by atoms with E-state index in [1.807, 2.05) is 0 Å². The largest absolute Gasteiger partial charge is 0.395 e. The zero-order valence-electron chi connectivity index (χ0n) is 18.7. The van der Waals surface area contributed by atoms with Crippen LogP contribution in [0.1, 0.15) is 73.9 Å². The van der Waals surface area contributed by atoms with Gasteiger partial charge in [-0.2, -0.15) is 0 Å². The van der Waals surface area contributed by atoms with Crippen LogP contribution < -0.4 is 10.2 Å². The monoisotopic (exact) mass is 440 g/mol. The van der Waals surface area contributed by atoms with Gasteiger partial charge >= 0.3 is 0 Å². The summed E-state index contributed by atoms with van der Waals surface area (Å²) in [6.07, 6.45) is 8.16. The molecule has 0 saturated carbocycles. The molecule has 3 aliphatic heterocycles. The summed E-state index contributed by atoms with van der Waals surface area (Å²) < 4.78 is 7.68. The number of fused-ring (bicyclic) bond motifs is 1. The zero-order valence-corrected chi connectivity index (χ0v) is 18.7. The Hall–Kier alpha value is -2.52. The number of aliphatic hydroxyl groups is 1. The van der Waals surface area contributed by atoms with E-state index in [2.05, 4.69) is 37.9 Å². The minimum Gasteiger partial charge on any atom is -0.395 e. The topological polar surface area (TPSA) is 105 Å². The number of nitrogens with zero attached hydrogens (tertiary/aromatic N) is 5. The molecular weight excluding hydrogens is 408 g/mol. The third kappa shape index (κ3) is 4.11. The van der Waals surface area contributed by atoms with Crippen LogP contribution in [0.2, 0.25) is 0 Å². The molecule has 9 nitrogen and oxygen atoms in total. The van der Waals surface area contributed by atoms with Crippen LogP contribution >= 0.6 is 0 Å². The van der Waals surface area contributed by atoms with E-state index in [0.717, 1.165) is 74.9 Å². The Kier molecular flexibility index (Phi) is 6.10. The molecule has 0 spiro atoms. The Morgan fingerprint density at radius 1 is 1.16 bits per heavy atom. The van der Waals surface area contributed by atoms with Crippen molar-refractivity contribution in [3.8, 4) is 0 Å². The highest BCUT2D eigenvalue weighted by molar-refractivity contribution is 5.94. The Labute approximate surface area is 188 Å². The number of piperidine rings is 1. The van der Waals surface area contributed by atoms with Crippen molar-refractivity contribution in [1.29, 1.82) is 0 Å². The highest BCUT2D eigenvalue weighted by Crippen LogP contribution is 2.39. The molecule has 5 rings (SSSR count). The van der Waals surface area contributed by atoms with Crippen molar-refractivity contribution < 1.29 is 14.6 Å².